The van der Waals surface area contributed by atoms with E-state index in [1.165, 1.54) is 54.6 Å². The standard InChI is InChI=1S/C58H57N13O17S5/c1-21(72)37-50(78)68-38(22(2)83-7)53-64-32(20-92-53)49(77)69-41-43-44(88-35-12-58(4,81)45(70(5)6)23(3)87-35)57(80)85-13-24-9-8-10-33-36(24)26(14-84-43)42(71(33)82)56(79)86-15-27(60-47(75)30-19-93-55(41)65-30)52-61-28(16-90-52)39-25(51-63-31(18-89-51)48(76)67-37)11-34(73)40(66-39)54-62-29(17-91-54)46(59)74/h8-11,16-21,23,27,35,37,41,43-45,72-73,81-82H,12-15H2,1-7H3,(H2,59,74)(H,60,75)(H,67,76)(H,68,78)(H,69,77)/b38-22+/t21-,23+,27-,35-,37+,41+,43+,44+,45+,58-/m1/s1. The first-order chi connectivity index (χ1) is 44.4. The van der Waals surface area contributed by atoms with Crippen LogP contribution in [-0.4, -0.2) is 178 Å². The van der Waals surface area contributed by atoms with Crippen molar-refractivity contribution in [2.75, 3.05) is 27.8 Å². The van der Waals surface area contributed by atoms with E-state index in [0.29, 0.717) is 10.3 Å². The van der Waals surface area contributed by atoms with E-state index in [4.69, 9.17) is 49.1 Å². The predicted octanol–water partition coefficient (Wildman–Crippen LogP) is 4.26. The number of allylic oxidation sites excluding steroid dienone is 1. The average Bonchev–Trinajstić information content (AvgIpc) is 1.63. The van der Waals surface area contributed by atoms with Gasteiger partial charge in [-0.05, 0) is 59.5 Å². The molecule has 7 aromatic heterocycles. The Labute approximate surface area is 546 Å². The summed E-state index contributed by atoms with van der Waals surface area (Å²) in [6.45, 7) is 4.33. The third-order valence-corrected chi connectivity index (χ3v) is 20.2. The Hall–Kier alpha value is -8.75. The Morgan fingerprint density at radius 2 is 1.51 bits per heavy atom. The summed E-state index contributed by atoms with van der Waals surface area (Å²) in [5.41, 5.74) is 3.15. The zero-order valence-electron chi connectivity index (χ0n) is 50.0. The van der Waals surface area contributed by atoms with Crippen molar-refractivity contribution >= 4 is 115 Å². The largest absolute Gasteiger partial charge is 0.506 e. The number of nitrogens with one attached hydrogen (secondary N) is 4. The number of benzene rings is 1. The number of pyridine rings is 1. The molecule has 11 heterocycles. The number of likely N-dealkylation sites (N-methyl/N-ethyl adjacent to an activating group) is 1. The van der Waals surface area contributed by atoms with Gasteiger partial charge in [0.2, 0.25) is 5.91 Å². The number of aromatic hydroxyl groups is 1. The van der Waals surface area contributed by atoms with Crippen LogP contribution in [-0.2, 0) is 51.2 Å². The lowest BCUT2D eigenvalue weighted by Gasteiger charge is -2.48. The van der Waals surface area contributed by atoms with Crippen LogP contribution in [0.2, 0.25) is 0 Å². The number of nitrogens with two attached hydrogens (primary N) is 1. The zero-order chi connectivity index (χ0) is 66.1. The van der Waals surface area contributed by atoms with Gasteiger partial charge < -0.3 is 80.8 Å². The number of ether oxygens (including phenoxy) is 6. The average molecular weight is 1370 g/mol. The normalized spacial score (nSPS) is 24.8. The fraction of sp³-hybridized carbons (Fsp3) is 0.362. The van der Waals surface area contributed by atoms with Crippen LogP contribution in [0.1, 0.15) is 125 Å². The molecule has 10 N–H and O–H groups in total. The lowest BCUT2D eigenvalue weighted by molar-refractivity contribution is -0.280. The molecule has 12 bridgehead atoms. The molecule has 4 aliphatic heterocycles. The maximum atomic E-state index is 15.1. The molecule has 0 unspecified atom stereocenters. The predicted molar refractivity (Wildman–Crippen MR) is 333 cm³/mol. The summed E-state index contributed by atoms with van der Waals surface area (Å²) in [5.74, 6) is -7.07. The Morgan fingerprint density at radius 1 is 0.839 bits per heavy atom. The third-order valence-electron chi connectivity index (χ3n) is 15.8. The molecule has 0 spiro atoms. The van der Waals surface area contributed by atoms with Crippen LogP contribution in [0.5, 0.6) is 5.75 Å². The lowest BCUT2D eigenvalue weighted by atomic mass is 9.85. The molecule has 35 heteroatoms. The van der Waals surface area contributed by atoms with Crippen molar-refractivity contribution in [2.45, 2.75) is 108 Å². The molecule has 5 amide bonds. The number of carbonyl (C=O) groups excluding carboxylic acids is 7. The second-order valence-corrected chi connectivity index (χ2v) is 26.7. The molecule has 486 valence electrons. The van der Waals surface area contributed by atoms with Crippen LogP contribution >= 0.6 is 56.7 Å². The number of methoxy groups -OCH3 is 1. The van der Waals surface area contributed by atoms with Crippen LogP contribution in [0.4, 0.5) is 0 Å². The number of rotatable bonds is 7. The van der Waals surface area contributed by atoms with E-state index in [1.54, 1.807) is 50.4 Å². The van der Waals surface area contributed by atoms with Crippen LogP contribution in [0.25, 0.3) is 49.3 Å². The molecule has 1 aromatic carbocycles. The first kappa shape index (κ1) is 64.4. The summed E-state index contributed by atoms with van der Waals surface area (Å²) >= 11 is 4.62. The van der Waals surface area contributed by atoms with E-state index >= 15 is 9.59 Å². The molecular formula is C58H57N13O17S5. The summed E-state index contributed by atoms with van der Waals surface area (Å²) in [5, 5.41) is 65.2. The number of aliphatic hydroxyl groups is 2. The molecule has 1 saturated heterocycles. The van der Waals surface area contributed by atoms with E-state index in [2.05, 4.69) is 36.2 Å². The molecular weight excluding hydrogens is 1310 g/mol. The molecule has 4 aliphatic rings. The number of hydrogen-bond acceptors (Lipinski definition) is 29. The number of hydrogen-bond donors (Lipinski definition) is 9. The summed E-state index contributed by atoms with van der Waals surface area (Å²) in [7, 11) is 4.86. The first-order valence-electron chi connectivity index (χ1n) is 28.4. The highest BCUT2D eigenvalue weighted by molar-refractivity contribution is 7.14. The number of fused-ring (bicyclic) bond motifs is 15. The van der Waals surface area contributed by atoms with Gasteiger partial charge in [0.05, 0.1) is 43.1 Å². The smallest absolute Gasteiger partial charge is 0.358 e. The first-order valence-corrected chi connectivity index (χ1v) is 32.8. The van der Waals surface area contributed by atoms with Crippen molar-refractivity contribution in [3.63, 3.8) is 0 Å². The number of nitrogens with zero attached hydrogens (tertiary/aromatic N) is 8. The summed E-state index contributed by atoms with van der Waals surface area (Å²) in [4.78, 5) is 130. The molecule has 0 radical (unpaired) electrons. The van der Waals surface area contributed by atoms with E-state index in [1.807, 2.05) is 0 Å². The van der Waals surface area contributed by atoms with E-state index in [9.17, 15) is 44.5 Å². The van der Waals surface area contributed by atoms with E-state index in [-0.39, 0.29) is 105 Å². The monoisotopic (exact) mass is 1370 g/mol. The quantitative estimate of drug-likeness (QED) is 0.0611. The summed E-state index contributed by atoms with van der Waals surface area (Å²) in [6, 6.07) is 0.794. The number of aromatic nitrogens is 7. The minimum Gasteiger partial charge on any atom is -0.506 e. The number of primary amides is 1. The Kier molecular flexibility index (Phi) is 17.7. The van der Waals surface area contributed by atoms with E-state index < -0.39 is 133 Å². The third kappa shape index (κ3) is 12.4. The summed E-state index contributed by atoms with van der Waals surface area (Å²) in [6.07, 6.45) is -7.46. The molecule has 30 nitrogen and oxygen atoms in total. The number of aliphatic hydroxyl groups excluding tert-OH is 1. The van der Waals surface area contributed by atoms with Crippen LogP contribution < -0.4 is 27.0 Å². The Balaban J connectivity index is 1.05. The highest BCUT2D eigenvalue weighted by Gasteiger charge is 2.50. The SMILES string of the molecule is CO/C(C)=C1/NC(=O)[C@H]([C@@H](C)O)NC(=O)c2csc(n2)-c2cc(O)c(-c3nc(C(N)=O)cs3)nc2-c2csc(n2)[C@H]2COC(=O)c3c4c5c(cccc5n3O)COC(=O)[C@@H](O[C@@H]3C[C@@](C)(O)[C@@H](N(C)C)[C@H](C)O3)[C@@H](OC4)[C@H](NC(=O)c3csc1n3)c1nc(cs1)C(=O)N2. The van der Waals surface area contributed by atoms with Gasteiger partial charge in [0.25, 0.3) is 23.6 Å². The maximum Gasteiger partial charge on any atom is 0.358 e. The van der Waals surface area contributed by atoms with Crippen molar-refractivity contribution < 1.29 is 82.5 Å². The number of thiazole rings is 5. The van der Waals surface area contributed by atoms with Gasteiger partial charge in [-0.1, -0.05) is 12.1 Å². The molecule has 1 fully saturated rings. The van der Waals surface area contributed by atoms with Gasteiger partial charge in [0.15, 0.2) is 18.1 Å². The van der Waals surface area contributed by atoms with Gasteiger partial charge in [-0.2, -0.15) is 4.73 Å². The number of carbonyl (C=O) groups is 7. The fourth-order valence-electron chi connectivity index (χ4n) is 11.5. The maximum absolute atomic E-state index is 15.1. The van der Waals surface area contributed by atoms with Gasteiger partial charge in [-0.15, -0.1) is 56.7 Å². The fourth-order valence-corrected chi connectivity index (χ4v) is 15.7. The number of esters is 2. The second-order valence-electron chi connectivity index (χ2n) is 22.4. The van der Waals surface area contributed by atoms with Crippen molar-refractivity contribution in [1.82, 2.24) is 60.8 Å². The summed E-state index contributed by atoms with van der Waals surface area (Å²) < 4.78 is 38.2. The van der Waals surface area contributed by atoms with Gasteiger partial charge in [-0.25, -0.2) is 39.5 Å². The highest BCUT2D eigenvalue weighted by atomic mass is 32.1. The van der Waals surface area contributed by atoms with Crippen molar-refractivity contribution in [1.29, 1.82) is 0 Å². The van der Waals surface area contributed by atoms with Gasteiger partial charge in [-0.3, -0.25) is 24.0 Å². The van der Waals surface area contributed by atoms with E-state index in [0.717, 1.165) is 56.7 Å². The van der Waals surface area contributed by atoms with Crippen molar-refractivity contribution in [3.05, 3.63) is 112 Å². The van der Waals surface area contributed by atoms with Crippen LogP contribution in [0.3, 0.4) is 0 Å². The molecule has 10 atom stereocenters. The van der Waals surface area contributed by atoms with Gasteiger partial charge in [0, 0.05) is 49.8 Å². The molecule has 93 heavy (non-hydrogen) atoms. The lowest BCUT2D eigenvalue weighted by Crippen LogP contribution is -2.62. The molecule has 0 aliphatic carbocycles. The van der Waals surface area contributed by atoms with Crippen molar-refractivity contribution in [3.8, 4) is 38.4 Å². The molecule has 8 aromatic rings. The topological polar surface area (TPSA) is 415 Å². The molecule has 0 saturated carbocycles. The Bertz CT molecular complexity index is 4360. The Morgan fingerprint density at radius 3 is 2.22 bits per heavy atom. The molecule has 12 rings (SSSR count). The van der Waals surface area contributed by atoms with Crippen LogP contribution in [0, 0.1) is 0 Å². The van der Waals surface area contributed by atoms with Crippen molar-refractivity contribution in [2.24, 2.45) is 5.73 Å². The zero-order valence-corrected chi connectivity index (χ0v) is 54.1. The second kappa shape index (κ2) is 25.6. The van der Waals surface area contributed by atoms with Crippen LogP contribution in [0.15, 0.2) is 56.9 Å². The minimum atomic E-state index is -1.90. The van der Waals surface area contributed by atoms with Gasteiger partial charge >= 0.3 is 11.9 Å². The number of amides is 5. The minimum absolute atomic E-state index is 0.00497. The number of cyclic esters (lactones) is 2. The van der Waals surface area contributed by atoms with Gasteiger partial charge in [0.1, 0.15) is 120 Å². The highest BCUT2D eigenvalue weighted by Crippen LogP contribution is 2.43.